The Morgan fingerprint density at radius 3 is 1.31 bits per heavy atom. The average Bonchev–Trinajstić information content (AvgIpc) is 3.65. The summed E-state index contributed by atoms with van der Waals surface area (Å²) < 4.78 is 0. The van der Waals surface area contributed by atoms with Crippen molar-refractivity contribution < 1.29 is 0 Å². The van der Waals surface area contributed by atoms with Gasteiger partial charge in [-0.3, -0.25) is 0 Å². The normalized spacial score (nSPS) is 12.4. The van der Waals surface area contributed by atoms with Gasteiger partial charge in [0.15, 0.2) is 17.5 Å². The van der Waals surface area contributed by atoms with Gasteiger partial charge >= 0.3 is 0 Å². The Bertz CT molecular complexity index is 3120. The fourth-order valence-corrected chi connectivity index (χ4v) is 9.23. The monoisotopic (exact) mass is 777 g/mol. The molecule has 0 bridgehead atoms. The highest BCUT2D eigenvalue weighted by atomic mass is 15.0. The lowest BCUT2D eigenvalue weighted by Gasteiger charge is -2.33. The molecule has 0 amide bonds. The fourth-order valence-electron chi connectivity index (χ4n) is 9.23. The molecule has 0 saturated heterocycles. The van der Waals surface area contributed by atoms with Crippen LogP contribution in [-0.2, 0) is 5.41 Å². The van der Waals surface area contributed by atoms with Crippen molar-refractivity contribution >= 4 is 0 Å². The first-order chi connectivity index (χ1) is 30.2. The molecule has 0 radical (unpaired) electrons. The Labute approximate surface area is 356 Å². The van der Waals surface area contributed by atoms with Gasteiger partial charge in [-0.1, -0.05) is 218 Å². The lowest BCUT2D eigenvalue weighted by molar-refractivity contribution is 0.768. The second kappa shape index (κ2) is 15.3. The van der Waals surface area contributed by atoms with Crippen molar-refractivity contribution in [3.8, 4) is 78.7 Å². The van der Waals surface area contributed by atoms with Crippen LogP contribution in [0, 0.1) is 0 Å². The standard InChI is InChI=1S/C58H39N3/c1-6-19-40(20-7-1)43-25-18-26-45(37-43)56-59-55(42-23-10-3-11-24-42)60-57(61-56)46-33-35-49(51(39-46)41-21-8-2-9-22-41)44-34-36-54-52(38-44)50-31-16-17-32-53(50)58(54,47-27-12-4-13-28-47)48-29-14-5-15-30-48/h1-39H. The zero-order valence-corrected chi connectivity index (χ0v) is 33.4. The lowest BCUT2D eigenvalue weighted by atomic mass is 9.67. The molecule has 3 nitrogen and oxygen atoms in total. The lowest BCUT2D eigenvalue weighted by Crippen LogP contribution is -2.28. The second-order valence-electron chi connectivity index (χ2n) is 15.5. The molecule has 0 aliphatic heterocycles. The molecule has 10 aromatic rings. The quantitative estimate of drug-likeness (QED) is 0.154. The van der Waals surface area contributed by atoms with Crippen LogP contribution in [0.2, 0.25) is 0 Å². The molecule has 0 fully saturated rings. The highest BCUT2D eigenvalue weighted by molar-refractivity contribution is 5.92. The van der Waals surface area contributed by atoms with Gasteiger partial charge in [0.05, 0.1) is 5.41 Å². The summed E-state index contributed by atoms with van der Waals surface area (Å²) in [4.78, 5) is 15.4. The molecule has 0 N–H and O–H groups in total. The third-order valence-electron chi connectivity index (χ3n) is 12.0. The first kappa shape index (κ1) is 36.1. The molecule has 9 aromatic carbocycles. The van der Waals surface area contributed by atoms with Crippen LogP contribution in [-0.4, -0.2) is 15.0 Å². The van der Waals surface area contributed by atoms with Gasteiger partial charge < -0.3 is 0 Å². The SMILES string of the molecule is c1ccc(-c2cccc(-c3nc(-c4ccccc4)nc(-c4ccc(-c5ccc6c(c5)-c5ccccc5C6(c5ccccc5)c5ccccc5)c(-c5ccccc5)c4)n3)c2)cc1. The molecule has 11 rings (SSSR count). The maximum atomic E-state index is 5.19. The van der Waals surface area contributed by atoms with Gasteiger partial charge in [-0.15, -0.1) is 0 Å². The minimum Gasteiger partial charge on any atom is -0.208 e. The van der Waals surface area contributed by atoms with E-state index in [4.69, 9.17) is 15.0 Å². The second-order valence-corrected chi connectivity index (χ2v) is 15.5. The summed E-state index contributed by atoms with van der Waals surface area (Å²) in [5.41, 5.74) is 16.7. The van der Waals surface area contributed by atoms with Crippen molar-refractivity contribution in [1.82, 2.24) is 15.0 Å². The Morgan fingerprint density at radius 2 is 0.672 bits per heavy atom. The van der Waals surface area contributed by atoms with Gasteiger partial charge in [-0.05, 0) is 85.0 Å². The number of aromatic nitrogens is 3. The fraction of sp³-hybridized carbons (Fsp3) is 0.0172. The van der Waals surface area contributed by atoms with Crippen molar-refractivity contribution in [3.63, 3.8) is 0 Å². The van der Waals surface area contributed by atoms with Crippen molar-refractivity contribution in [2.75, 3.05) is 0 Å². The zero-order chi connectivity index (χ0) is 40.6. The molecular weight excluding hydrogens is 739 g/mol. The van der Waals surface area contributed by atoms with Crippen LogP contribution in [0.4, 0.5) is 0 Å². The number of fused-ring (bicyclic) bond motifs is 3. The number of hydrogen-bond donors (Lipinski definition) is 0. The first-order valence-electron chi connectivity index (χ1n) is 20.8. The third-order valence-corrected chi connectivity index (χ3v) is 12.0. The molecular formula is C58H39N3. The number of rotatable bonds is 8. The van der Waals surface area contributed by atoms with Crippen LogP contribution in [0.25, 0.3) is 78.7 Å². The van der Waals surface area contributed by atoms with Gasteiger partial charge in [0.1, 0.15) is 0 Å². The molecule has 0 atom stereocenters. The highest BCUT2D eigenvalue weighted by Crippen LogP contribution is 2.57. The van der Waals surface area contributed by atoms with Crippen LogP contribution < -0.4 is 0 Å². The molecule has 1 aromatic heterocycles. The van der Waals surface area contributed by atoms with E-state index in [-0.39, 0.29) is 0 Å². The van der Waals surface area contributed by atoms with Crippen LogP contribution in [0.5, 0.6) is 0 Å². The maximum absolute atomic E-state index is 5.19. The van der Waals surface area contributed by atoms with Gasteiger partial charge in [-0.2, -0.15) is 0 Å². The molecule has 3 heteroatoms. The van der Waals surface area contributed by atoms with Crippen LogP contribution in [0.15, 0.2) is 237 Å². The maximum Gasteiger partial charge on any atom is 0.164 e. The Balaban J connectivity index is 1.08. The number of hydrogen-bond acceptors (Lipinski definition) is 3. The largest absolute Gasteiger partial charge is 0.208 e. The summed E-state index contributed by atoms with van der Waals surface area (Å²) in [7, 11) is 0. The molecule has 0 unspecified atom stereocenters. The van der Waals surface area contributed by atoms with Gasteiger partial charge in [0, 0.05) is 16.7 Å². The highest BCUT2D eigenvalue weighted by Gasteiger charge is 2.46. The van der Waals surface area contributed by atoms with E-state index < -0.39 is 5.41 Å². The summed E-state index contributed by atoms with van der Waals surface area (Å²) in [6.07, 6.45) is 0. The van der Waals surface area contributed by atoms with E-state index >= 15 is 0 Å². The summed E-state index contributed by atoms with van der Waals surface area (Å²) in [5.74, 6) is 1.88. The Morgan fingerprint density at radius 1 is 0.230 bits per heavy atom. The average molecular weight is 778 g/mol. The summed E-state index contributed by atoms with van der Waals surface area (Å²) in [5, 5.41) is 0. The molecule has 1 aliphatic carbocycles. The van der Waals surface area contributed by atoms with E-state index in [1.165, 1.54) is 33.4 Å². The Hall–Kier alpha value is -8.01. The van der Waals surface area contributed by atoms with Crippen LogP contribution in [0.1, 0.15) is 22.3 Å². The van der Waals surface area contributed by atoms with Crippen molar-refractivity contribution in [2.45, 2.75) is 5.41 Å². The Kier molecular flexibility index (Phi) is 9.05. The minimum absolute atomic E-state index is 0.452. The number of benzene rings is 9. The molecule has 286 valence electrons. The van der Waals surface area contributed by atoms with E-state index in [1.807, 2.05) is 24.3 Å². The summed E-state index contributed by atoms with van der Waals surface area (Å²) in [6.45, 7) is 0. The van der Waals surface area contributed by atoms with Crippen molar-refractivity contribution in [2.24, 2.45) is 0 Å². The van der Waals surface area contributed by atoms with E-state index in [2.05, 4.69) is 212 Å². The van der Waals surface area contributed by atoms with Crippen LogP contribution >= 0.6 is 0 Å². The van der Waals surface area contributed by atoms with Gasteiger partial charge in [0.2, 0.25) is 0 Å². The third kappa shape index (κ3) is 6.35. The van der Waals surface area contributed by atoms with E-state index in [1.54, 1.807) is 0 Å². The minimum atomic E-state index is -0.452. The predicted molar refractivity (Wildman–Crippen MR) is 250 cm³/mol. The van der Waals surface area contributed by atoms with E-state index in [0.717, 1.165) is 50.1 Å². The predicted octanol–water partition coefficient (Wildman–Crippen LogP) is 14.2. The van der Waals surface area contributed by atoms with Crippen LogP contribution in [0.3, 0.4) is 0 Å². The smallest absolute Gasteiger partial charge is 0.164 e. The molecule has 1 heterocycles. The molecule has 61 heavy (non-hydrogen) atoms. The zero-order valence-electron chi connectivity index (χ0n) is 33.4. The van der Waals surface area contributed by atoms with Gasteiger partial charge in [0.25, 0.3) is 0 Å². The first-order valence-corrected chi connectivity index (χ1v) is 20.8. The summed E-state index contributed by atoms with van der Waals surface area (Å²) >= 11 is 0. The summed E-state index contributed by atoms with van der Waals surface area (Å²) in [6, 6.07) is 84.3. The molecule has 1 aliphatic rings. The van der Waals surface area contributed by atoms with E-state index in [0.29, 0.717) is 17.5 Å². The molecule has 0 saturated carbocycles. The van der Waals surface area contributed by atoms with Crippen molar-refractivity contribution in [3.05, 3.63) is 259 Å². The molecule has 0 spiro atoms. The van der Waals surface area contributed by atoms with E-state index in [9.17, 15) is 0 Å². The van der Waals surface area contributed by atoms with Gasteiger partial charge in [-0.25, -0.2) is 15.0 Å². The van der Waals surface area contributed by atoms with Crippen molar-refractivity contribution in [1.29, 1.82) is 0 Å². The number of nitrogens with zero attached hydrogens (tertiary/aromatic N) is 3. The topological polar surface area (TPSA) is 38.7 Å².